The van der Waals surface area contributed by atoms with Crippen LogP contribution in [0.5, 0.6) is 11.5 Å². The molecule has 2 aromatic carbocycles. The van der Waals surface area contributed by atoms with Gasteiger partial charge in [0, 0.05) is 17.9 Å². The first kappa shape index (κ1) is 23.3. The summed E-state index contributed by atoms with van der Waals surface area (Å²) >= 11 is 2.78. The van der Waals surface area contributed by atoms with Crippen molar-refractivity contribution < 1.29 is 14.3 Å². The van der Waals surface area contributed by atoms with Gasteiger partial charge in [-0.2, -0.15) is 0 Å². The molecule has 0 saturated heterocycles. The molecule has 1 amide bonds. The zero-order valence-corrected chi connectivity index (χ0v) is 20.1. The number of hydrogen-bond donors (Lipinski definition) is 1. The summed E-state index contributed by atoms with van der Waals surface area (Å²) in [5.74, 6) is 2.29. The normalized spacial score (nSPS) is 12.3. The molecule has 0 aliphatic carbocycles. The third-order valence-corrected chi connectivity index (χ3v) is 6.90. The fourth-order valence-electron chi connectivity index (χ4n) is 3.40. The van der Waals surface area contributed by atoms with Crippen LogP contribution < -0.4 is 20.3 Å². The summed E-state index contributed by atoms with van der Waals surface area (Å²) in [6, 6.07) is 14.6. The van der Waals surface area contributed by atoms with Gasteiger partial charge in [0.05, 0.1) is 35.2 Å². The molecule has 1 aliphatic rings. The van der Waals surface area contributed by atoms with E-state index < -0.39 is 0 Å². The van der Waals surface area contributed by atoms with E-state index >= 15 is 0 Å². The number of hydrogen-bond acceptors (Lipinski definition) is 7. The first-order chi connectivity index (χ1) is 16.1. The summed E-state index contributed by atoms with van der Waals surface area (Å²) in [6.45, 7) is 5.00. The average Bonchev–Trinajstić information content (AvgIpc) is 3.29. The molecule has 33 heavy (non-hydrogen) atoms. The van der Waals surface area contributed by atoms with Gasteiger partial charge in [0.1, 0.15) is 11.5 Å². The van der Waals surface area contributed by atoms with E-state index in [1.165, 1.54) is 23.5 Å². The predicted molar refractivity (Wildman–Crippen MR) is 132 cm³/mol. The lowest BCUT2D eigenvalue weighted by Crippen LogP contribution is -2.24. The number of rotatable bonds is 9. The number of amides is 1. The molecule has 0 radical (unpaired) electrons. The molecule has 0 saturated carbocycles. The first-order valence-corrected chi connectivity index (χ1v) is 12.7. The Kier molecular flexibility index (Phi) is 7.61. The van der Waals surface area contributed by atoms with Crippen LogP contribution in [0.4, 0.5) is 5.69 Å². The number of carbonyl (C=O) groups is 1. The highest BCUT2D eigenvalue weighted by atomic mass is 32.2. The van der Waals surface area contributed by atoms with Gasteiger partial charge in [-0.15, -0.1) is 11.8 Å². The summed E-state index contributed by atoms with van der Waals surface area (Å²) in [5, 5.41) is 3.38. The molecule has 0 bridgehead atoms. The van der Waals surface area contributed by atoms with Crippen LogP contribution in [0.15, 0.2) is 63.4 Å². The lowest BCUT2D eigenvalue weighted by Gasteiger charge is -2.14. The predicted octanol–water partition coefficient (Wildman–Crippen LogP) is 4.41. The number of nitrogens with one attached hydrogen (secondary N) is 1. The van der Waals surface area contributed by atoms with Gasteiger partial charge in [-0.05, 0) is 62.4 Å². The Bertz CT molecular complexity index is 1180. The molecule has 172 valence electrons. The van der Waals surface area contributed by atoms with Gasteiger partial charge < -0.3 is 14.8 Å². The number of aryl methyl sites for hydroxylation is 1. The van der Waals surface area contributed by atoms with Crippen molar-refractivity contribution in [1.82, 2.24) is 9.55 Å². The minimum Gasteiger partial charge on any atom is -0.494 e. The summed E-state index contributed by atoms with van der Waals surface area (Å²) < 4.78 is 12.5. The molecule has 1 aliphatic heterocycles. The topological polar surface area (TPSA) is 82.5 Å². The summed E-state index contributed by atoms with van der Waals surface area (Å²) in [7, 11) is 0. The molecular weight excluding hydrogens is 458 g/mol. The van der Waals surface area contributed by atoms with Crippen LogP contribution in [-0.2, 0) is 11.2 Å². The van der Waals surface area contributed by atoms with E-state index in [-0.39, 0.29) is 17.2 Å². The van der Waals surface area contributed by atoms with Crippen molar-refractivity contribution in [2.45, 2.75) is 30.3 Å². The van der Waals surface area contributed by atoms with Crippen molar-refractivity contribution in [2.75, 3.05) is 30.0 Å². The minimum absolute atomic E-state index is 0.0962. The summed E-state index contributed by atoms with van der Waals surface area (Å²) in [6.07, 6.45) is 0.755. The fourth-order valence-corrected chi connectivity index (χ4v) is 5.26. The third-order valence-electron chi connectivity index (χ3n) is 4.85. The Hall–Kier alpha value is -2.91. The summed E-state index contributed by atoms with van der Waals surface area (Å²) in [4.78, 5) is 31.3. The lowest BCUT2D eigenvalue weighted by molar-refractivity contribution is -0.113. The maximum absolute atomic E-state index is 13.3. The summed E-state index contributed by atoms with van der Waals surface area (Å²) in [5.41, 5.74) is 2.09. The quantitative estimate of drug-likeness (QED) is 0.357. The number of aromatic nitrogens is 2. The second-order valence-corrected chi connectivity index (χ2v) is 9.18. The van der Waals surface area contributed by atoms with Crippen molar-refractivity contribution in [3.63, 3.8) is 0 Å². The minimum atomic E-state index is -0.175. The fraction of sp³-hybridized carbons (Fsp3) is 0.292. The average molecular weight is 484 g/mol. The van der Waals surface area contributed by atoms with Gasteiger partial charge in [-0.25, -0.2) is 4.98 Å². The van der Waals surface area contributed by atoms with Crippen molar-refractivity contribution in [2.24, 2.45) is 0 Å². The molecule has 0 atom stereocenters. The third kappa shape index (κ3) is 5.54. The molecule has 0 unspecified atom stereocenters. The molecule has 0 spiro atoms. The maximum atomic E-state index is 13.3. The smallest absolute Gasteiger partial charge is 0.272 e. The van der Waals surface area contributed by atoms with E-state index in [1.807, 2.05) is 50.2 Å². The molecular formula is C24H25N3O4S2. The van der Waals surface area contributed by atoms with Gasteiger partial charge in [0.2, 0.25) is 5.91 Å². The highest BCUT2D eigenvalue weighted by Gasteiger charge is 2.23. The van der Waals surface area contributed by atoms with Crippen LogP contribution in [0.3, 0.4) is 0 Å². The van der Waals surface area contributed by atoms with Crippen LogP contribution >= 0.6 is 23.5 Å². The second kappa shape index (κ2) is 10.8. The number of ether oxygens (including phenoxy) is 2. The van der Waals surface area contributed by atoms with Crippen molar-refractivity contribution in [3.8, 4) is 17.2 Å². The van der Waals surface area contributed by atoms with E-state index in [2.05, 4.69) is 5.32 Å². The molecule has 3 aromatic rings. The monoisotopic (exact) mass is 483 g/mol. The molecule has 1 aromatic heterocycles. The van der Waals surface area contributed by atoms with Crippen molar-refractivity contribution in [3.05, 3.63) is 64.6 Å². The Morgan fingerprint density at radius 3 is 2.33 bits per heavy atom. The Labute approximate surface area is 200 Å². The first-order valence-electron chi connectivity index (χ1n) is 10.8. The Morgan fingerprint density at radius 2 is 1.70 bits per heavy atom. The molecule has 4 rings (SSSR count). The largest absolute Gasteiger partial charge is 0.494 e. The number of fused-ring (bicyclic) bond motifs is 1. The number of benzene rings is 2. The van der Waals surface area contributed by atoms with Crippen LogP contribution in [0.25, 0.3) is 5.69 Å². The van der Waals surface area contributed by atoms with Gasteiger partial charge in [-0.3, -0.25) is 14.2 Å². The SMILES string of the molecule is CCOc1ccc(NC(=O)CSc2nc3c(c(=O)n2-c2ccc(OCC)cc2)SCC3)cc1. The Balaban J connectivity index is 1.53. The number of thioether (sulfide) groups is 2. The molecule has 0 fully saturated rings. The van der Waals surface area contributed by atoms with E-state index in [4.69, 9.17) is 14.5 Å². The van der Waals surface area contributed by atoms with E-state index in [1.54, 1.807) is 16.7 Å². The van der Waals surface area contributed by atoms with E-state index in [9.17, 15) is 9.59 Å². The zero-order valence-electron chi connectivity index (χ0n) is 18.5. The number of carbonyl (C=O) groups excluding carboxylic acids is 1. The van der Waals surface area contributed by atoms with Crippen molar-refractivity contribution in [1.29, 1.82) is 0 Å². The Morgan fingerprint density at radius 1 is 1.06 bits per heavy atom. The molecule has 2 heterocycles. The number of anilines is 1. The van der Waals surface area contributed by atoms with Crippen LogP contribution in [0.1, 0.15) is 19.5 Å². The second-order valence-electron chi connectivity index (χ2n) is 7.13. The number of nitrogens with zero attached hydrogens (tertiary/aromatic N) is 2. The molecule has 1 N–H and O–H groups in total. The van der Waals surface area contributed by atoms with Crippen molar-refractivity contribution >= 4 is 35.1 Å². The maximum Gasteiger partial charge on any atom is 0.272 e. The molecule has 7 nitrogen and oxygen atoms in total. The van der Waals surface area contributed by atoms with Gasteiger partial charge in [-0.1, -0.05) is 11.8 Å². The van der Waals surface area contributed by atoms with Gasteiger partial charge in [0.15, 0.2) is 5.16 Å². The molecule has 9 heteroatoms. The van der Waals surface area contributed by atoms with Gasteiger partial charge in [0.25, 0.3) is 5.56 Å². The van der Waals surface area contributed by atoms with E-state index in [0.29, 0.717) is 34.6 Å². The van der Waals surface area contributed by atoms with Crippen LogP contribution in [0, 0.1) is 0 Å². The van der Waals surface area contributed by atoms with E-state index in [0.717, 1.165) is 29.4 Å². The van der Waals surface area contributed by atoms with Crippen LogP contribution in [0.2, 0.25) is 0 Å². The highest BCUT2D eigenvalue weighted by molar-refractivity contribution is 8.00. The standard InChI is InChI=1S/C24H25N3O4S2/c1-3-30-18-9-5-16(6-10-18)25-21(28)15-33-24-26-20-13-14-32-22(20)23(29)27(24)17-7-11-19(12-8-17)31-4-2/h5-12H,3-4,13-15H2,1-2H3,(H,25,28). The highest BCUT2D eigenvalue weighted by Crippen LogP contribution is 2.30. The lowest BCUT2D eigenvalue weighted by atomic mass is 10.3. The van der Waals surface area contributed by atoms with Crippen LogP contribution in [-0.4, -0.2) is 40.2 Å². The zero-order chi connectivity index (χ0) is 23.2. The van der Waals surface area contributed by atoms with Gasteiger partial charge >= 0.3 is 0 Å².